The van der Waals surface area contributed by atoms with Gasteiger partial charge in [0.1, 0.15) is 5.82 Å². The molecule has 0 aliphatic carbocycles. The molecule has 0 heterocycles. The molecule has 1 rings (SSSR count). The van der Waals surface area contributed by atoms with Crippen molar-refractivity contribution in [3.8, 4) is 0 Å². The van der Waals surface area contributed by atoms with Crippen molar-refractivity contribution >= 4 is 37.8 Å². The molecule has 0 aliphatic rings. The van der Waals surface area contributed by atoms with Crippen molar-refractivity contribution in [1.82, 2.24) is 5.32 Å². The van der Waals surface area contributed by atoms with E-state index < -0.39 is 0 Å². The second-order valence-corrected chi connectivity index (χ2v) is 5.78. The van der Waals surface area contributed by atoms with Crippen LogP contribution in [0.3, 0.4) is 0 Å². The number of benzene rings is 1. The first kappa shape index (κ1) is 15.6. The normalized spacial score (nSPS) is 12.2. The number of nitrogens with one attached hydrogen (secondary N) is 1. The molecule has 1 aromatic rings. The average molecular weight is 381 g/mol. The van der Waals surface area contributed by atoms with Crippen molar-refractivity contribution < 1.29 is 9.18 Å². The van der Waals surface area contributed by atoms with Crippen LogP contribution in [0.25, 0.3) is 0 Å². The van der Waals surface area contributed by atoms with Crippen molar-refractivity contribution in [3.63, 3.8) is 0 Å². The summed E-state index contributed by atoms with van der Waals surface area (Å²) in [6, 6.07) is 4.06. The maximum absolute atomic E-state index is 12.9. The van der Waals surface area contributed by atoms with Gasteiger partial charge in [-0.25, -0.2) is 4.39 Å². The largest absolute Gasteiger partial charge is 0.352 e. The number of halogens is 3. The summed E-state index contributed by atoms with van der Waals surface area (Å²) in [5.41, 5.74) is 0.463. The smallest absolute Gasteiger partial charge is 0.252 e. The van der Waals surface area contributed by atoms with Crippen LogP contribution in [-0.2, 0) is 0 Å². The van der Waals surface area contributed by atoms with E-state index in [1.807, 2.05) is 0 Å². The molecule has 1 atom stereocenters. The fourth-order valence-electron chi connectivity index (χ4n) is 1.50. The molecule has 0 saturated heterocycles. The molecule has 0 saturated carbocycles. The summed E-state index contributed by atoms with van der Waals surface area (Å²) in [6.07, 6.45) is 2.01. The molecule has 0 fully saturated rings. The van der Waals surface area contributed by atoms with E-state index in [1.165, 1.54) is 18.2 Å². The summed E-state index contributed by atoms with van der Waals surface area (Å²) < 4.78 is 13.4. The number of alkyl halides is 1. The Hall–Kier alpha value is -0.420. The number of rotatable bonds is 6. The topological polar surface area (TPSA) is 29.1 Å². The van der Waals surface area contributed by atoms with Gasteiger partial charge in [0, 0.05) is 16.3 Å². The summed E-state index contributed by atoms with van der Waals surface area (Å²) >= 11 is 6.60. The van der Waals surface area contributed by atoms with Crippen molar-refractivity contribution in [1.29, 1.82) is 0 Å². The van der Waals surface area contributed by atoms with Crippen molar-refractivity contribution in [2.45, 2.75) is 19.8 Å². The molecule has 0 bridgehead atoms. The van der Waals surface area contributed by atoms with E-state index in [0.29, 0.717) is 22.5 Å². The van der Waals surface area contributed by atoms with Gasteiger partial charge in [-0.05, 0) is 52.9 Å². The highest BCUT2D eigenvalue weighted by atomic mass is 79.9. The molecule has 1 aromatic carbocycles. The van der Waals surface area contributed by atoms with E-state index in [-0.39, 0.29) is 11.7 Å². The number of hydrogen-bond donors (Lipinski definition) is 1. The zero-order chi connectivity index (χ0) is 13.5. The molecule has 2 nitrogen and oxygen atoms in total. The molecule has 0 aromatic heterocycles. The van der Waals surface area contributed by atoms with E-state index >= 15 is 0 Å². The van der Waals surface area contributed by atoms with Crippen molar-refractivity contribution in [3.05, 3.63) is 34.1 Å². The van der Waals surface area contributed by atoms with Crippen molar-refractivity contribution in [2.75, 3.05) is 11.9 Å². The monoisotopic (exact) mass is 379 g/mol. The highest BCUT2D eigenvalue weighted by molar-refractivity contribution is 9.10. The maximum atomic E-state index is 12.9. The molecule has 1 unspecified atom stereocenters. The van der Waals surface area contributed by atoms with E-state index in [9.17, 15) is 9.18 Å². The Morgan fingerprint density at radius 1 is 1.50 bits per heavy atom. The van der Waals surface area contributed by atoms with Crippen LogP contribution in [0.1, 0.15) is 30.1 Å². The fourth-order valence-corrected chi connectivity index (χ4v) is 2.35. The van der Waals surface area contributed by atoms with Crippen LogP contribution in [0, 0.1) is 11.7 Å². The lowest BCUT2D eigenvalue weighted by Crippen LogP contribution is -2.25. The third-order valence-electron chi connectivity index (χ3n) is 2.60. The van der Waals surface area contributed by atoms with Gasteiger partial charge in [0.05, 0.1) is 5.56 Å². The van der Waals surface area contributed by atoms with Gasteiger partial charge in [-0.15, -0.1) is 0 Å². The van der Waals surface area contributed by atoms with Gasteiger partial charge in [0.15, 0.2) is 0 Å². The Labute approximate surface area is 124 Å². The molecule has 18 heavy (non-hydrogen) atoms. The van der Waals surface area contributed by atoms with Gasteiger partial charge < -0.3 is 5.32 Å². The van der Waals surface area contributed by atoms with E-state index in [2.05, 4.69) is 44.1 Å². The quantitative estimate of drug-likeness (QED) is 0.583. The Bertz CT molecular complexity index is 412. The molecule has 1 N–H and O–H groups in total. The lowest BCUT2D eigenvalue weighted by Gasteiger charge is -2.09. The first-order valence-corrected chi connectivity index (χ1v) is 7.75. The van der Waals surface area contributed by atoms with Crippen LogP contribution in [0.4, 0.5) is 4.39 Å². The lowest BCUT2D eigenvalue weighted by atomic mass is 10.1. The third kappa shape index (κ3) is 5.06. The van der Waals surface area contributed by atoms with Crippen molar-refractivity contribution in [2.24, 2.45) is 5.92 Å². The Morgan fingerprint density at radius 2 is 2.22 bits per heavy atom. The van der Waals surface area contributed by atoms with E-state index in [0.717, 1.165) is 18.2 Å². The molecule has 1 amide bonds. The molecule has 0 spiro atoms. The Kier molecular flexibility index (Phi) is 6.86. The van der Waals surface area contributed by atoms with Gasteiger partial charge in [-0.2, -0.15) is 0 Å². The van der Waals surface area contributed by atoms with Crippen LogP contribution in [-0.4, -0.2) is 17.8 Å². The number of amides is 1. The average Bonchev–Trinajstić information content (AvgIpc) is 2.34. The minimum Gasteiger partial charge on any atom is -0.352 e. The van der Waals surface area contributed by atoms with E-state index in [4.69, 9.17) is 0 Å². The molecular weight excluding hydrogens is 365 g/mol. The van der Waals surface area contributed by atoms with Gasteiger partial charge in [-0.3, -0.25) is 4.79 Å². The molecule has 100 valence electrons. The van der Waals surface area contributed by atoms with Gasteiger partial charge in [-0.1, -0.05) is 22.9 Å². The van der Waals surface area contributed by atoms with E-state index in [1.54, 1.807) is 0 Å². The highest BCUT2D eigenvalue weighted by Gasteiger charge is 2.10. The highest BCUT2D eigenvalue weighted by Crippen LogP contribution is 2.17. The van der Waals surface area contributed by atoms with Crippen LogP contribution >= 0.6 is 31.9 Å². The predicted octanol–water partition coefficient (Wildman–Crippen LogP) is 4.13. The SMILES string of the molecule is CC(CBr)CCCNC(=O)c1ccc(F)cc1Br. The second kappa shape index (κ2) is 7.89. The van der Waals surface area contributed by atoms with Crippen LogP contribution < -0.4 is 5.32 Å². The van der Waals surface area contributed by atoms with Crippen LogP contribution in [0.2, 0.25) is 0 Å². The fraction of sp³-hybridized carbons (Fsp3) is 0.462. The van der Waals surface area contributed by atoms with Crippen LogP contribution in [0.5, 0.6) is 0 Å². The van der Waals surface area contributed by atoms with Gasteiger partial charge in [0.25, 0.3) is 5.91 Å². The standard InChI is InChI=1S/C13H16Br2FNO/c1-9(8-14)3-2-6-17-13(18)11-5-4-10(16)7-12(11)15/h4-5,7,9H,2-3,6,8H2,1H3,(H,17,18). The lowest BCUT2D eigenvalue weighted by molar-refractivity contribution is 0.0952. The number of hydrogen-bond acceptors (Lipinski definition) is 1. The summed E-state index contributed by atoms with van der Waals surface area (Å²) in [4.78, 5) is 11.8. The minimum absolute atomic E-state index is 0.173. The third-order valence-corrected chi connectivity index (χ3v) is 4.36. The molecule has 0 radical (unpaired) electrons. The zero-order valence-electron chi connectivity index (χ0n) is 10.2. The van der Waals surface area contributed by atoms with Crippen LogP contribution in [0.15, 0.2) is 22.7 Å². The zero-order valence-corrected chi connectivity index (χ0v) is 13.4. The Balaban J connectivity index is 2.41. The minimum atomic E-state index is -0.357. The van der Waals surface area contributed by atoms with Gasteiger partial charge >= 0.3 is 0 Å². The summed E-state index contributed by atoms with van der Waals surface area (Å²) in [5.74, 6) is 0.0809. The first-order chi connectivity index (χ1) is 8.54. The molecular formula is C13H16Br2FNO. The first-order valence-electron chi connectivity index (χ1n) is 5.83. The summed E-state index contributed by atoms with van der Waals surface area (Å²) in [7, 11) is 0. The summed E-state index contributed by atoms with van der Waals surface area (Å²) in [5, 5.41) is 3.81. The second-order valence-electron chi connectivity index (χ2n) is 4.28. The van der Waals surface area contributed by atoms with Gasteiger partial charge in [0.2, 0.25) is 0 Å². The predicted molar refractivity (Wildman–Crippen MR) is 78.6 cm³/mol. The molecule has 5 heteroatoms. The number of carbonyl (C=O) groups is 1. The Morgan fingerprint density at radius 3 is 2.83 bits per heavy atom. The molecule has 0 aliphatic heterocycles. The summed E-state index contributed by atoms with van der Waals surface area (Å²) in [6.45, 7) is 2.80. The maximum Gasteiger partial charge on any atom is 0.252 e. The number of carbonyl (C=O) groups excluding carboxylic acids is 1.